The van der Waals surface area contributed by atoms with Gasteiger partial charge in [-0.2, -0.15) is 0 Å². The fourth-order valence-electron chi connectivity index (χ4n) is 7.33. The van der Waals surface area contributed by atoms with Crippen LogP contribution < -0.4 is 0 Å². The van der Waals surface area contributed by atoms with Gasteiger partial charge in [0.05, 0.1) is 0 Å². The van der Waals surface area contributed by atoms with Gasteiger partial charge < -0.3 is 8.83 Å². The molecule has 9 aromatic rings. The predicted octanol–water partition coefficient (Wildman–Crippen LogP) is 11.0. The average Bonchev–Trinajstić information content (AvgIpc) is 3.74. The molecule has 5 nitrogen and oxygen atoms in total. The Morgan fingerprint density at radius 3 is 1.85 bits per heavy atom. The molecule has 0 radical (unpaired) electrons. The molecule has 3 aromatic heterocycles. The van der Waals surface area contributed by atoms with E-state index >= 15 is 0 Å². The summed E-state index contributed by atoms with van der Waals surface area (Å²) in [5.74, 6) is 1.80. The van der Waals surface area contributed by atoms with Crippen LogP contribution in [0.2, 0.25) is 0 Å². The van der Waals surface area contributed by atoms with E-state index in [2.05, 4.69) is 80.6 Å². The summed E-state index contributed by atoms with van der Waals surface area (Å²) in [6.45, 7) is 4.61. The van der Waals surface area contributed by atoms with Crippen LogP contribution in [0, 0.1) is 0 Å². The summed E-state index contributed by atoms with van der Waals surface area (Å²) >= 11 is 0. The SMILES string of the molecule is CC1(C)c2ccccc2-c2cc3oc4cc(-c5nc(-c6ccccc6)nc(-c6ccc7oc8ccccc8c7c6)n5)ccc4c3cc21. The number of fused-ring (bicyclic) bond motifs is 9. The number of hydrogen-bond donors (Lipinski definition) is 0. The molecule has 0 saturated carbocycles. The summed E-state index contributed by atoms with van der Waals surface area (Å²) in [4.78, 5) is 15.0. The van der Waals surface area contributed by atoms with Crippen LogP contribution in [0.1, 0.15) is 25.0 Å². The van der Waals surface area contributed by atoms with Crippen molar-refractivity contribution in [2.45, 2.75) is 19.3 Å². The Bertz CT molecular complexity index is 2720. The van der Waals surface area contributed by atoms with Gasteiger partial charge in [-0.25, -0.2) is 15.0 Å². The van der Waals surface area contributed by atoms with Crippen molar-refractivity contribution < 1.29 is 8.83 Å². The summed E-state index contributed by atoms with van der Waals surface area (Å²) in [6, 6.07) is 43.7. The number of rotatable bonds is 3. The second-order valence-electron chi connectivity index (χ2n) is 12.9. The van der Waals surface area contributed by atoms with E-state index in [9.17, 15) is 0 Å². The van der Waals surface area contributed by atoms with E-state index in [1.807, 2.05) is 60.7 Å². The van der Waals surface area contributed by atoms with E-state index in [0.717, 1.165) is 60.6 Å². The minimum absolute atomic E-state index is 0.0788. The van der Waals surface area contributed by atoms with Crippen LogP contribution in [0.4, 0.5) is 0 Å². The van der Waals surface area contributed by atoms with Gasteiger partial charge in [0.25, 0.3) is 0 Å². The van der Waals surface area contributed by atoms with Crippen LogP contribution in [0.5, 0.6) is 0 Å². The van der Waals surface area contributed by atoms with E-state index in [1.54, 1.807) is 0 Å². The molecule has 0 aliphatic heterocycles. The second-order valence-corrected chi connectivity index (χ2v) is 12.9. The molecule has 0 amide bonds. The minimum atomic E-state index is -0.0788. The van der Waals surface area contributed by atoms with Crippen LogP contribution in [-0.4, -0.2) is 15.0 Å². The highest BCUT2D eigenvalue weighted by Crippen LogP contribution is 2.50. The van der Waals surface area contributed by atoms with Crippen molar-refractivity contribution in [1.82, 2.24) is 15.0 Å². The number of nitrogens with zero attached hydrogens (tertiary/aromatic N) is 3. The molecule has 0 bridgehead atoms. The molecule has 0 unspecified atom stereocenters. The summed E-state index contributed by atoms with van der Waals surface area (Å²) in [7, 11) is 0. The molecule has 0 atom stereocenters. The standard InChI is InChI=1S/C42H27N3O2/c1-42(2)33-14-8-6-12-27(33)30-23-38-32(22-34(30)42)29-18-16-26(21-37(29)47-38)41-44-39(24-10-4-3-5-11-24)43-40(45-41)25-17-19-36-31(20-25)28-13-7-9-15-35(28)46-36/h3-23H,1-2H3. The number of para-hydroxylation sites is 1. The van der Waals surface area contributed by atoms with E-state index < -0.39 is 0 Å². The van der Waals surface area contributed by atoms with Gasteiger partial charge >= 0.3 is 0 Å². The molecule has 1 aliphatic rings. The largest absolute Gasteiger partial charge is 0.456 e. The summed E-state index contributed by atoms with van der Waals surface area (Å²) < 4.78 is 12.6. The lowest BCUT2D eigenvalue weighted by Crippen LogP contribution is -2.14. The molecule has 10 rings (SSSR count). The number of hydrogen-bond acceptors (Lipinski definition) is 5. The van der Waals surface area contributed by atoms with Gasteiger partial charge in [-0.1, -0.05) is 92.7 Å². The lowest BCUT2D eigenvalue weighted by Gasteiger charge is -2.21. The molecule has 0 N–H and O–H groups in total. The Kier molecular flexibility index (Phi) is 5.28. The Morgan fingerprint density at radius 1 is 0.404 bits per heavy atom. The van der Waals surface area contributed by atoms with Gasteiger partial charge in [-0.05, 0) is 70.8 Å². The monoisotopic (exact) mass is 605 g/mol. The normalized spacial score (nSPS) is 13.5. The smallest absolute Gasteiger partial charge is 0.164 e. The van der Waals surface area contributed by atoms with Crippen molar-refractivity contribution in [2.24, 2.45) is 0 Å². The van der Waals surface area contributed by atoms with E-state index in [-0.39, 0.29) is 5.41 Å². The van der Waals surface area contributed by atoms with Crippen LogP contribution in [0.3, 0.4) is 0 Å². The topological polar surface area (TPSA) is 65.0 Å². The van der Waals surface area contributed by atoms with Crippen molar-refractivity contribution in [3.05, 3.63) is 139 Å². The maximum absolute atomic E-state index is 6.55. The van der Waals surface area contributed by atoms with Crippen LogP contribution in [0.15, 0.2) is 136 Å². The first-order valence-corrected chi connectivity index (χ1v) is 15.9. The van der Waals surface area contributed by atoms with Crippen molar-refractivity contribution >= 4 is 43.9 Å². The third kappa shape index (κ3) is 3.86. The van der Waals surface area contributed by atoms with E-state index in [1.165, 1.54) is 22.3 Å². The number of furan rings is 2. The van der Waals surface area contributed by atoms with Gasteiger partial charge in [0.15, 0.2) is 17.5 Å². The summed E-state index contributed by atoms with van der Waals surface area (Å²) in [6.07, 6.45) is 0. The maximum Gasteiger partial charge on any atom is 0.164 e. The third-order valence-electron chi connectivity index (χ3n) is 9.74. The van der Waals surface area contributed by atoms with Gasteiger partial charge in [-0.3, -0.25) is 0 Å². The average molecular weight is 606 g/mol. The quantitative estimate of drug-likeness (QED) is 0.200. The highest BCUT2D eigenvalue weighted by atomic mass is 16.3. The van der Waals surface area contributed by atoms with Crippen molar-refractivity contribution in [1.29, 1.82) is 0 Å². The van der Waals surface area contributed by atoms with Crippen LogP contribution >= 0.6 is 0 Å². The lowest BCUT2D eigenvalue weighted by atomic mass is 9.82. The molecule has 0 spiro atoms. The van der Waals surface area contributed by atoms with Crippen LogP contribution in [-0.2, 0) is 5.41 Å². The van der Waals surface area contributed by atoms with E-state index in [0.29, 0.717) is 17.5 Å². The zero-order valence-electron chi connectivity index (χ0n) is 25.8. The summed E-state index contributed by atoms with van der Waals surface area (Å²) in [5.41, 5.74) is 11.2. The molecule has 222 valence electrons. The van der Waals surface area contributed by atoms with Gasteiger partial charge in [0.2, 0.25) is 0 Å². The molecule has 1 aliphatic carbocycles. The van der Waals surface area contributed by atoms with E-state index in [4.69, 9.17) is 23.8 Å². The zero-order chi connectivity index (χ0) is 31.3. The third-order valence-corrected chi connectivity index (χ3v) is 9.74. The molecular formula is C42H27N3O2. The first-order valence-electron chi connectivity index (χ1n) is 15.9. The molecule has 5 heteroatoms. The Labute approximate surface area is 270 Å². The maximum atomic E-state index is 6.55. The fourth-order valence-corrected chi connectivity index (χ4v) is 7.33. The molecule has 0 fully saturated rings. The fraction of sp³-hybridized carbons (Fsp3) is 0.0714. The van der Waals surface area contributed by atoms with Crippen molar-refractivity contribution in [3.63, 3.8) is 0 Å². The molecular weight excluding hydrogens is 578 g/mol. The minimum Gasteiger partial charge on any atom is -0.456 e. The Hall–Kier alpha value is -6.07. The first kappa shape index (κ1) is 26.2. The molecule has 0 saturated heterocycles. The highest BCUT2D eigenvalue weighted by Gasteiger charge is 2.36. The Balaban J connectivity index is 1.14. The predicted molar refractivity (Wildman–Crippen MR) is 188 cm³/mol. The highest BCUT2D eigenvalue weighted by molar-refractivity contribution is 6.08. The number of aromatic nitrogens is 3. The Morgan fingerprint density at radius 2 is 1.00 bits per heavy atom. The van der Waals surface area contributed by atoms with Gasteiger partial charge in [-0.15, -0.1) is 0 Å². The molecule has 6 aromatic carbocycles. The molecule has 47 heavy (non-hydrogen) atoms. The molecule has 3 heterocycles. The number of benzene rings is 6. The van der Waals surface area contributed by atoms with Crippen molar-refractivity contribution in [2.75, 3.05) is 0 Å². The van der Waals surface area contributed by atoms with Crippen LogP contribution in [0.25, 0.3) is 89.2 Å². The zero-order valence-corrected chi connectivity index (χ0v) is 25.8. The lowest BCUT2D eigenvalue weighted by molar-refractivity contribution is 0.658. The van der Waals surface area contributed by atoms with Gasteiger partial charge in [0, 0.05) is 43.7 Å². The van der Waals surface area contributed by atoms with Gasteiger partial charge in [0.1, 0.15) is 22.3 Å². The first-order chi connectivity index (χ1) is 23.0. The van der Waals surface area contributed by atoms with Crippen molar-refractivity contribution in [3.8, 4) is 45.3 Å². The second kappa shape index (κ2) is 9.47. The summed E-state index contributed by atoms with van der Waals surface area (Å²) in [5, 5.41) is 4.29.